The maximum absolute atomic E-state index is 11.6. The van der Waals surface area contributed by atoms with Crippen LogP contribution < -0.4 is 10.6 Å². The fourth-order valence-electron chi connectivity index (χ4n) is 2.16. The number of halogens is 1. The summed E-state index contributed by atoms with van der Waals surface area (Å²) in [4.78, 5) is 11.6. The van der Waals surface area contributed by atoms with Gasteiger partial charge >= 0.3 is 0 Å². The molecule has 2 atom stereocenters. The molecule has 0 aliphatic carbocycles. The van der Waals surface area contributed by atoms with Crippen molar-refractivity contribution in [2.24, 2.45) is 5.92 Å². The Morgan fingerprint density at radius 2 is 2.17 bits per heavy atom. The van der Waals surface area contributed by atoms with Crippen LogP contribution in [0, 0.1) is 5.92 Å². The summed E-state index contributed by atoms with van der Waals surface area (Å²) in [5.74, 6) is 0.749. The highest BCUT2D eigenvalue weighted by Crippen LogP contribution is 2.07. The molecule has 18 heavy (non-hydrogen) atoms. The minimum absolute atomic E-state index is 0. The molecule has 1 aliphatic heterocycles. The van der Waals surface area contributed by atoms with Crippen molar-refractivity contribution >= 4 is 18.3 Å². The second kappa shape index (κ2) is 9.59. The molecule has 2 N–H and O–H groups in total. The first-order valence-electron chi connectivity index (χ1n) is 6.69. The van der Waals surface area contributed by atoms with Gasteiger partial charge in [0.25, 0.3) is 0 Å². The molecule has 0 aromatic heterocycles. The number of nitrogens with one attached hydrogen (secondary N) is 2. The molecule has 1 aliphatic rings. The molecule has 2 unspecified atom stereocenters. The quantitative estimate of drug-likeness (QED) is 0.746. The summed E-state index contributed by atoms with van der Waals surface area (Å²) in [6.07, 6.45) is 2.81. The Hall–Kier alpha value is -0.320. The van der Waals surface area contributed by atoms with Crippen LogP contribution in [0.25, 0.3) is 0 Å². The Morgan fingerprint density at radius 1 is 1.44 bits per heavy atom. The minimum atomic E-state index is 0. The Kier molecular flexibility index (Phi) is 9.42. The normalized spacial score (nSPS) is 20.6. The van der Waals surface area contributed by atoms with Crippen LogP contribution in [0.1, 0.15) is 40.0 Å². The molecular formula is C13H27ClN2O2. The number of ether oxygens (including phenoxy) is 1. The summed E-state index contributed by atoms with van der Waals surface area (Å²) in [7, 11) is 0. The van der Waals surface area contributed by atoms with Gasteiger partial charge in [-0.3, -0.25) is 4.79 Å². The van der Waals surface area contributed by atoms with Crippen molar-refractivity contribution in [2.45, 2.75) is 52.2 Å². The van der Waals surface area contributed by atoms with Crippen molar-refractivity contribution in [2.75, 3.05) is 19.7 Å². The number of hydrogen-bond acceptors (Lipinski definition) is 3. The molecule has 1 amide bonds. The van der Waals surface area contributed by atoms with E-state index < -0.39 is 0 Å². The van der Waals surface area contributed by atoms with Gasteiger partial charge in [-0.2, -0.15) is 0 Å². The number of amides is 1. The summed E-state index contributed by atoms with van der Waals surface area (Å²) in [6.45, 7) is 8.86. The van der Waals surface area contributed by atoms with Crippen LogP contribution in [-0.2, 0) is 9.53 Å². The molecule has 1 fully saturated rings. The van der Waals surface area contributed by atoms with Crippen molar-refractivity contribution in [3.8, 4) is 0 Å². The smallest absolute Gasteiger partial charge is 0.222 e. The molecule has 0 bridgehead atoms. The lowest BCUT2D eigenvalue weighted by molar-refractivity contribution is -0.123. The fraction of sp³-hybridized carbons (Fsp3) is 0.923. The summed E-state index contributed by atoms with van der Waals surface area (Å²) in [6, 6.07) is 0.315. The van der Waals surface area contributed by atoms with Gasteiger partial charge in [-0.25, -0.2) is 0 Å². The molecule has 0 radical (unpaired) electrons. The number of carbonyl (C=O) groups is 1. The van der Waals surface area contributed by atoms with E-state index in [0.29, 0.717) is 25.0 Å². The van der Waals surface area contributed by atoms with Crippen LogP contribution in [0.15, 0.2) is 0 Å². The van der Waals surface area contributed by atoms with Gasteiger partial charge in [0.15, 0.2) is 0 Å². The van der Waals surface area contributed by atoms with Crippen LogP contribution in [0.2, 0.25) is 0 Å². The molecule has 1 heterocycles. The molecule has 0 aromatic rings. The van der Waals surface area contributed by atoms with E-state index in [2.05, 4.69) is 31.4 Å². The molecule has 0 saturated carbocycles. The lowest BCUT2D eigenvalue weighted by Crippen LogP contribution is -2.36. The summed E-state index contributed by atoms with van der Waals surface area (Å²) < 4.78 is 5.61. The van der Waals surface area contributed by atoms with E-state index in [0.717, 1.165) is 25.9 Å². The second-order valence-electron chi connectivity index (χ2n) is 5.32. The van der Waals surface area contributed by atoms with Crippen molar-refractivity contribution in [3.05, 3.63) is 0 Å². The zero-order chi connectivity index (χ0) is 12.7. The standard InChI is InChI=1S/C13H26N2O2.ClH/c1-10(2)8-11(3)17-7-5-13(16)15-12-4-6-14-9-12;/h10-12,14H,4-9H2,1-3H3,(H,15,16);1H. The monoisotopic (exact) mass is 278 g/mol. The van der Waals surface area contributed by atoms with E-state index in [4.69, 9.17) is 4.74 Å². The van der Waals surface area contributed by atoms with Crippen molar-refractivity contribution in [1.29, 1.82) is 0 Å². The largest absolute Gasteiger partial charge is 0.378 e. The molecule has 1 rings (SSSR count). The van der Waals surface area contributed by atoms with Crippen LogP contribution in [0.5, 0.6) is 0 Å². The first kappa shape index (κ1) is 17.7. The van der Waals surface area contributed by atoms with E-state index in [1.165, 1.54) is 0 Å². The third-order valence-corrected chi connectivity index (χ3v) is 2.96. The molecule has 5 heteroatoms. The van der Waals surface area contributed by atoms with Gasteiger partial charge in [0.1, 0.15) is 0 Å². The van der Waals surface area contributed by atoms with Gasteiger partial charge in [0.2, 0.25) is 5.91 Å². The maximum atomic E-state index is 11.6. The average molecular weight is 279 g/mol. The Bertz CT molecular complexity index is 231. The minimum Gasteiger partial charge on any atom is -0.378 e. The molecule has 0 aromatic carbocycles. The third kappa shape index (κ3) is 7.90. The third-order valence-electron chi connectivity index (χ3n) is 2.96. The topological polar surface area (TPSA) is 50.4 Å². The van der Waals surface area contributed by atoms with Gasteiger partial charge in [-0.15, -0.1) is 12.4 Å². The zero-order valence-corrected chi connectivity index (χ0v) is 12.5. The molecular weight excluding hydrogens is 252 g/mol. The highest BCUT2D eigenvalue weighted by Gasteiger charge is 2.16. The Morgan fingerprint density at radius 3 is 2.72 bits per heavy atom. The Labute approximate surface area is 117 Å². The summed E-state index contributed by atoms with van der Waals surface area (Å²) in [5.41, 5.74) is 0. The first-order chi connectivity index (χ1) is 8.08. The average Bonchev–Trinajstić information content (AvgIpc) is 2.69. The summed E-state index contributed by atoms with van der Waals surface area (Å²) in [5, 5.41) is 6.24. The SMILES string of the molecule is CC(C)CC(C)OCCC(=O)NC1CCNC1.Cl. The van der Waals surface area contributed by atoms with Gasteiger partial charge in [0.05, 0.1) is 12.7 Å². The van der Waals surface area contributed by atoms with Crippen molar-refractivity contribution < 1.29 is 9.53 Å². The molecule has 108 valence electrons. The highest BCUT2D eigenvalue weighted by molar-refractivity contribution is 5.85. The molecule has 0 spiro atoms. The second-order valence-corrected chi connectivity index (χ2v) is 5.32. The fourth-order valence-corrected chi connectivity index (χ4v) is 2.16. The van der Waals surface area contributed by atoms with Gasteiger partial charge in [-0.05, 0) is 32.2 Å². The molecule has 1 saturated heterocycles. The number of carbonyl (C=O) groups excluding carboxylic acids is 1. The van der Waals surface area contributed by atoms with Gasteiger partial charge < -0.3 is 15.4 Å². The predicted octanol–water partition coefficient (Wildman–Crippen LogP) is 1.73. The van der Waals surface area contributed by atoms with Crippen LogP contribution in [-0.4, -0.2) is 37.7 Å². The van der Waals surface area contributed by atoms with E-state index >= 15 is 0 Å². The van der Waals surface area contributed by atoms with Crippen molar-refractivity contribution in [1.82, 2.24) is 10.6 Å². The lowest BCUT2D eigenvalue weighted by atomic mass is 10.1. The van der Waals surface area contributed by atoms with E-state index in [9.17, 15) is 4.79 Å². The van der Waals surface area contributed by atoms with Crippen LogP contribution in [0.3, 0.4) is 0 Å². The van der Waals surface area contributed by atoms with Gasteiger partial charge in [-0.1, -0.05) is 13.8 Å². The lowest BCUT2D eigenvalue weighted by Gasteiger charge is -2.15. The number of hydrogen-bond donors (Lipinski definition) is 2. The Balaban J connectivity index is 0.00000289. The van der Waals surface area contributed by atoms with E-state index in [-0.39, 0.29) is 24.4 Å². The summed E-state index contributed by atoms with van der Waals surface area (Å²) >= 11 is 0. The van der Waals surface area contributed by atoms with Crippen molar-refractivity contribution in [3.63, 3.8) is 0 Å². The maximum Gasteiger partial charge on any atom is 0.222 e. The van der Waals surface area contributed by atoms with E-state index in [1.54, 1.807) is 0 Å². The van der Waals surface area contributed by atoms with Crippen LogP contribution >= 0.6 is 12.4 Å². The highest BCUT2D eigenvalue weighted by atomic mass is 35.5. The zero-order valence-electron chi connectivity index (χ0n) is 11.7. The first-order valence-corrected chi connectivity index (χ1v) is 6.69. The van der Waals surface area contributed by atoms with Crippen LogP contribution in [0.4, 0.5) is 0 Å². The molecule has 4 nitrogen and oxygen atoms in total. The predicted molar refractivity (Wildman–Crippen MR) is 76.2 cm³/mol. The van der Waals surface area contributed by atoms with E-state index in [1.807, 2.05) is 0 Å². The van der Waals surface area contributed by atoms with Gasteiger partial charge in [0, 0.05) is 19.0 Å². The number of rotatable bonds is 7.